The lowest BCUT2D eigenvalue weighted by Gasteiger charge is -2.27. The van der Waals surface area contributed by atoms with Crippen LogP contribution in [0.25, 0.3) is 0 Å². The molecule has 0 radical (unpaired) electrons. The third-order valence-electron chi connectivity index (χ3n) is 5.70. The fourth-order valence-corrected chi connectivity index (χ4v) is 3.88. The quantitative estimate of drug-likeness (QED) is 0.498. The maximum atomic E-state index is 12.9. The van der Waals surface area contributed by atoms with Crippen molar-refractivity contribution >= 4 is 35.3 Å². The number of hydrogen-bond acceptors (Lipinski definition) is 6. The monoisotopic (exact) mass is 447 g/mol. The highest BCUT2D eigenvalue weighted by molar-refractivity contribution is 6.36. The summed E-state index contributed by atoms with van der Waals surface area (Å²) in [7, 11) is 0. The number of carbonyl (C=O) groups excluding carboxylic acids is 6. The van der Waals surface area contributed by atoms with E-state index in [-0.39, 0.29) is 36.9 Å². The van der Waals surface area contributed by atoms with Gasteiger partial charge in [0.05, 0.1) is 11.1 Å². The number of nitrogens with zero attached hydrogens (tertiary/aromatic N) is 1. The van der Waals surface area contributed by atoms with Crippen LogP contribution in [0.2, 0.25) is 0 Å². The first kappa shape index (κ1) is 22.1. The molecule has 2 aromatic rings. The molecule has 2 aliphatic rings. The number of rotatable bonds is 6. The molecule has 9 heteroatoms. The smallest absolute Gasteiger partial charge is 0.287 e. The van der Waals surface area contributed by atoms with Crippen molar-refractivity contribution in [3.8, 4) is 0 Å². The third kappa shape index (κ3) is 4.43. The molecule has 2 heterocycles. The number of benzene rings is 2. The molecule has 2 aromatic carbocycles. The maximum absolute atomic E-state index is 12.9. The van der Waals surface area contributed by atoms with E-state index < -0.39 is 41.4 Å². The molecule has 1 atom stereocenters. The number of amides is 5. The predicted octanol–water partition coefficient (Wildman–Crippen LogP) is 0.824. The fraction of sp³-hybridized carbons (Fsp3) is 0.250. The van der Waals surface area contributed by atoms with Gasteiger partial charge < -0.3 is 5.32 Å². The number of hydrogen-bond donors (Lipinski definition) is 2. The average Bonchev–Trinajstić information content (AvgIpc) is 3.03. The van der Waals surface area contributed by atoms with Crippen molar-refractivity contribution in [2.24, 2.45) is 0 Å². The fourth-order valence-electron chi connectivity index (χ4n) is 3.88. The van der Waals surface area contributed by atoms with Crippen LogP contribution in [0.3, 0.4) is 0 Å². The molecule has 2 aliphatic heterocycles. The van der Waals surface area contributed by atoms with Crippen molar-refractivity contribution in [1.29, 1.82) is 0 Å². The lowest BCUT2D eigenvalue weighted by Crippen LogP contribution is -2.54. The van der Waals surface area contributed by atoms with E-state index in [1.165, 1.54) is 12.1 Å². The summed E-state index contributed by atoms with van der Waals surface area (Å²) in [4.78, 5) is 74.3. The lowest BCUT2D eigenvalue weighted by atomic mass is 10.0. The highest BCUT2D eigenvalue weighted by atomic mass is 16.2. The maximum Gasteiger partial charge on any atom is 0.287 e. The normalized spacial score (nSPS) is 17.6. The molecule has 0 aliphatic carbocycles. The zero-order valence-corrected chi connectivity index (χ0v) is 17.8. The molecule has 5 amide bonds. The molecule has 0 bridgehead atoms. The largest absolute Gasteiger partial charge is 0.345 e. The van der Waals surface area contributed by atoms with Gasteiger partial charge in [0.15, 0.2) is 0 Å². The Morgan fingerprint density at radius 3 is 2.33 bits per heavy atom. The Morgan fingerprint density at radius 2 is 1.64 bits per heavy atom. The van der Waals surface area contributed by atoms with Gasteiger partial charge in [-0.05, 0) is 36.6 Å². The van der Waals surface area contributed by atoms with Gasteiger partial charge in [0.25, 0.3) is 17.7 Å². The van der Waals surface area contributed by atoms with E-state index >= 15 is 0 Å². The minimum absolute atomic E-state index is 0.00830. The van der Waals surface area contributed by atoms with E-state index in [0.29, 0.717) is 5.56 Å². The molecule has 168 valence electrons. The molecule has 2 N–H and O–H groups in total. The highest BCUT2D eigenvalue weighted by Gasteiger charge is 2.44. The first-order valence-electron chi connectivity index (χ1n) is 10.5. The third-order valence-corrected chi connectivity index (χ3v) is 5.70. The molecule has 0 saturated carbocycles. The predicted molar refractivity (Wildman–Crippen MR) is 115 cm³/mol. The van der Waals surface area contributed by atoms with E-state index in [0.717, 1.165) is 16.0 Å². The first-order valence-corrected chi connectivity index (χ1v) is 10.5. The second kappa shape index (κ2) is 8.78. The molecule has 1 saturated heterocycles. The SMILES string of the molecule is Cc1ccc(CC(=O)C(=O)NCc2ccc3c(c2)C(=O)N(C2CCC(=O)NC2=O)C3=O)cc1. The number of piperidine rings is 1. The van der Waals surface area contributed by atoms with Crippen molar-refractivity contribution in [2.45, 2.75) is 38.8 Å². The molecule has 0 spiro atoms. The summed E-state index contributed by atoms with van der Waals surface area (Å²) >= 11 is 0. The van der Waals surface area contributed by atoms with Gasteiger partial charge in [-0.3, -0.25) is 39.0 Å². The van der Waals surface area contributed by atoms with Crippen molar-refractivity contribution in [1.82, 2.24) is 15.5 Å². The molecule has 1 unspecified atom stereocenters. The van der Waals surface area contributed by atoms with E-state index in [4.69, 9.17) is 0 Å². The second-order valence-corrected chi connectivity index (χ2v) is 8.10. The summed E-state index contributed by atoms with van der Waals surface area (Å²) < 4.78 is 0. The van der Waals surface area contributed by atoms with E-state index in [1.807, 2.05) is 19.1 Å². The number of imide groups is 2. The van der Waals surface area contributed by atoms with Crippen molar-refractivity contribution < 1.29 is 28.8 Å². The zero-order chi connectivity index (χ0) is 23.7. The van der Waals surface area contributed by atoms with Gasteiger partial charge in [0.1, 0.15) is 6.04 Å². The van der Waals surface area contributed by atoms with Crippen molar-refractivity contribution in [3.05, 3.63) is 70.3 Å². The second-order valence-electron chi connectivity index (χ2n) is 8.10. The summed E-state index contributed by atoms with van der Waals surface area (Å²) in [6.45, 7) is 1.92. The van der Waals surface area contributed by atoms with Crippen LogP contribution in [-0.2, 0) is 32.1 Å². The molecule has 9 nitrogen and oxygen atoms in total. The Balaban J connectivity index is 1.41. The number of aryl methyl sites for hydroxylation is 1. The number of nitrogens with one attached hydrogen (secondary N) is 2. The Hall–Kier alpha value is -4.14. The van der Waals surface area contributed by atoms with Crippen LogP contribution >= 0.6 is 0 Å². The zero-order valence-electron chi connectivity index (χ0n) is 17.8. The van der Waals surface area contributed by atoms with Crippen LogP contribution in [-0.4, -0.2) is 46.3 Å². The topological polar surface area (TPSA) is 130 Å². The molecule has 1 fully saturated rings. The van der Waals surface area contributed by atoms with Crippen LogP contribution in [0.15, 0.2) is 42.5 Å². The standard InChI is InChI=1S/C24H21N3O6/c1-13-2-4-14(5-3-13)11-19(28)22(31)25-12-15-6-7-16-17(10-15)24(33)27(23(16)32)18-8-9-20(29)26-21(18)30/h2-7,10,18H,8-9,11-12H2,1H3,(H,25,31)(H,26,29,30). The van der Waals surface area contributed by atoms with Gasteiger partial charge in [0.2, 0.25) is 17.6 Å². The molecular formula is C24H21N3O6. The summed E-state index contributed by atoms with van der Waals surface area (Å²) in [5.74, 6) is -3.69. The van der Waals surface area contributed by atoms with Gasteiger partial charge >= 0.3 is 0 Å². The minimum atomic E-state index is -1.04. The molecule has 33 heavy (non-hydrogen) atoms. The first-order chi connectivity index (χ1) is 15.7. The van der Waals surface area contributed by atoms with Crippen molar-refractivity contribution in [3.63, 3.8) is 0 Å². The van der Waals surface area contributed by atoms with E-state index in [2.05, 4.69) is 10.6 Å². The van der Waals surface area contributed by atoms with Crippen LogP contribution in [0.5, 0.6) is 0 Å². The van der Waals surface area contributed by atoms with Gasteiger partial charge in [0, 0.05) is 19.4 Å². The van der Waals surface area contributed by atoms with Crippen LogP contribution in [0.4, 0.5) is 0 Å². The van der Waals surface area contributed by atoms with Gasteiger partial charge in [-0.25, -0.2) is 0 Å². The summed E-state index contributed by atoms with van der Waals surface area (Å²) in [6, 6.07) is 10.8. The van der Waals surface area contributed by atoms with Gasteiger partial charge in [-0.2, -0.15) is 0 Å². The van der Waals surface area contributed by atoms with Crippen LogP contribution < -0.4 is 10.6 Å². The van der Waals surface area contributed by atoms with Crippen molar-refractivity contribution in [2.75, 3.05) is 0 Å². The summed E-state index contributed by atoms with van der Waals surface area (Å²) in [5.41, 5.74) is 2.57. The highest BCUT2D eigenvalue weighted by Crippen LogP contribution is 2.28. The molecule has 0 aromatic heterocycles. The summed E-state index contributed by atoms with van der Waals surface area (Å²) in [5, 5.41) is 4.68. The van der Waals surface area contributed by atoms with E-state index in [1.54, 1.807) is 18.2 Å². The Bertz CT molecular complexity index is 1200. The van der Waals surface area contributed by atoms with Crippen LogP contribution in [0, 0.1) is 6.92 Å². The minimum Gasteiger partial charge on any atom is -0.345 e. The Labute approximate surface area is 189 Å². The number of Topliss-reactive ketones (excluding diaryl/α,β-unsaturated/α-hetero) is 1. The van der Waals surface area contributed by atoms with Gasteiger partial charge in [-0.1, -0.05) is 35.9 Å². The van der Waals surface area contributed by atoms with Gasteiger partial charge in [-0.15, -0.1) is 0 Å². The van der Waals surface area contributed by atoms with Crippen LogP contribution in [0.1, 0.15) is 50.2 Å². The Morgan fingerprint density at radius 1 is 0.970 bits per heavy atom. The number of fused-ring (bicyclic) bond motifs is 1. The molecule has 4 rings (SSSR count). The number of carbonyl (C=O) groups is 6. The average molecular weight is 447 g/mol. The Kier molecular flexibility index (Phi) is 5.87. The number of ketones is 1. The van der Waals surface area contributed by atoms with E-state index in [9.17, 15) is 28.8 Å². The molecular weight excluding hydrogens is 426 g/mol. The summed E-state index contributed by atoms with van der Waals surface area (Å²) in [6.07, 6.45) is 0.0874. The lowest BCUT2D eigenvalue weighted by molar-refractivity contribution is -0.137.